The monoisotopic (exact) mass is 368 g/mol. The van der Waals surface area contributed by atoms with Gasteiger partial charge in [-0.1, -0.05) is 18.2 Å². The third-order valence-corrected chi connectivity index (χ3v) is 4.42. The Morgan fingerprint density at radius 1 is 1.15 bits per heavy atom. The van der Waals surface area contributed by atoms with E-state index < -0.39 is 6.09 Å². The lowest BCUT2D eigenvalue weighted by Gasteiger charge is -2.37. The highest BCUT2D eigenvalue weighted by molar-refractivity contribution is 5.87. The molecule has 142 valence electrons. The number of hydrogen-bond donors (Lipinski definition) is 2. The van der Waals surface area contributed by atoms with Gasteiger partial charge < -0.3 is 26.0 Å². The van der Waals surface area contributed by atoms with Crippen molar-refractivity contribution in [3.05, 3.63) is 53.7 Å². The van der Waals surface area contributed by atoms with Crippen LogP contribution in [0, 0.1) is 6.92 Å². The van der Waals surface area contributed by atoms with Crippen LogP contribution in [0.5, 0.6) is 0 Å². The maximum Gasteiger partial charge on any atom is 0.437 e. The molecule has 8 nitrogen and oxygen atoms in total. The van der Waals surface area contributed by atoms with Crippen molar-refractivity contribution >= 4 is 23.6 Å². The number of benzene rings is 1. The summed E-state index contributed by atoms with van der Waals surface area (Å²) in [5, 5.41) is 0. The molecule has 4 N–H and O–H groups in total. The number of carbonyl (C=O) groups excluding carboxylic acids is 1. The van der Waals surface area contributed by atoms with Crippen LogP contribution in [0.25, 0.3) is 0 Å². The highest BCUT2D eigenvalue weighted by Gasteiger charge is 2.19. The summed E-state index contributed by atoms with van der Waals surface area (Å²) in [6.45, 7) is 5.81. The van der Waals surface area contributed by atoms with Gasteiger partial charge in [-0.15, -0.1) is 4.99 Å². The summed E-state index contributed by atoms with van der Waals surface area (Å²) in [4.78, 5) is 23.9. The van der Waals surface area contributed by atoms with Crippen molar-refractivity contribution in [2.45, 2.75) is 13.5 Å². The number of amides is 1. The molecule has 1 aromatic heterocycles. The fourth-order valence-electron chi connectivity index (χ4n) is 3.11. The topological polar surface area (TPSA) is 110 Å². The first-order chi connectivity index (χ1) is 13.0. The van der Waals surface area contributed by atoms with E-state index in [2.05, 4.69) is 38.8 Å². The zero-order valence-corrected chi connectivity index (χ0v) is 15.3. The van der Waals surface area contributed by atoms with Crippen LogP contribution in [0.4, 0.5) is 16.3 Å². The summed E-state index contributed by atoms with van der Waals surface area (Å²) in [5.74, 6) is 0.743. The molecule has 0 unspecified atom stereocenters. The molecule has 1 amide bonds. The van der Waals surface area contributed by atoms with Crippen LogP contribution in [0.3, 0.4) is 0 Å². The molecule has 1 aliphatic rings. The summed E-state index contributed by atoms with van der Waals surface area (Å²) in [6.07, 6.45) is 1.04. The van der Waals surface area contributed by atoms with E-state index in [0.717, 1.165) is 43.2 Å². The molecule has 1 fully saturated rings. The third-order valence-electron chi connectivity index (χ3n) is 4.42. The van der Waals surface area contributed by atoms with Crippen LogP contribution in [0.2, 0.25) is 0 Å². The van der Waals surface area contributed by atoms with Gasteiger partial charge in [0.15, 0.2) is 5.96 Å². The molecular weight excluding hydrogens is 344 g/mol. The second kappa shape index (κ2) is 8.39. The molecule has 3 rings (SSSR count). The van der Waals surface area contributed by atoms with Crippen LogP contribution in [-0.2, 0) is 11.3 Å². The first-order valence-electron chi connectivity index (χ1n) is 8.80. The van der Waals surface area contributed by atoms with E-state index in [1.54, 1.807) is 0 Å². The number of aryl methyl sites for hydroxylation is 1. The van der Waals surface area contributed by atoms with Crippen molar-refractivity contribution in [2.24, 2.45) is 16.5 Å². The molecule has 0 saturated carbocycles. The van der Waals surface area contributed by atoms with Gasteiger partial charge in [0.25, 0.3) is 0 Å². The van der Waals surface area contributed by atoms with Gasteiger partial charge in [0.1, 0.15) is 12.4 Å². The van der Waals surface area contributed by atoms with Crippen molar-refractivity contribution in [3.63, 3.8) is 0 Å². The van der Waals surface area contributed by atoms with Gasteiger partial charge in [-0.2, -0.15) is 0 Å². The average molecular weight is 368 g/mol. The van der Waals surface area contributed by atoms with E-state index in [4.69, 9.17) is 16.2 Å². The Labute approximate surface area is 158 Å². The Morgan fingerprint density at radius 2 is 1.89 bits per heavy atom. The van der Waals surface area contributed by atoms with E-state index in [0.29, 0.717) is 0 Å². The number of ether oxygens (including phenoxy) is 1. The van der Waals surface area contributed by atoms with E-state index in [9.17, 15) is 4.79 Å². The molecule has 0 bridgehead atoms. The number of hydrogen-bond acceptors (Lipinski definition) is 5. The highest BCUT2D eigenvalue weighted by Crippen LogP contribution is 2.22. The summed E-state index contributed by atoms with van der Waals surface area (Å²) >= 11 is 0. The van der Waals surface area contributed by atoms with Crippen LogP contribution in [0.1, 0.15) is 11.1 Å². The van der Waals surface area contributed by atoms with Gasteiger partial charge in [0.2, 0.25) is 0 Å². The number of guanidine groups is 1. The molecule has 0 atom stereocenters. The lowest BCUT2D eigenvalue weighted by Crippen LogP contribution is -2.47. The number of pyridine rings is 1. The minimum atomic E-state index is -0.792. The minimum absolute atomic E-state index is 0.122. The Balaban J connectivity index is 1.59. The van der Waals surface area contributed by atoms with Gasteiger partial charge in [-0.25, -0.2) is 9.78 Å². The fraction of sp³-hybridized carbons (Fsp3) is 0.316. The standard InChI is InChI=1S/C19H24N6O2/c1-14-4-3-7-22-17(14)25-10-8-24(9-11-25)16-6-2-5-15(12-16)13-27-19(26)23-18(20)21/h2-7,12H,8-11,13H2,1H3,(H4,20,21,23,26). The first-order valence-corrected chi connectivity index (χ1v) is 8.80. The van der Waals surface area contributed by atoms with E-state index >= 15 is 0 Å². The first kappa shape index (κ1) is 18.5. The van der Waals surface area contributed by atoms with Gasteiger partial charge >= 0.3 is 6.09 Å². The number of aliphatic imine (C=N–C) groups is 1. The Bertz CT molecular complexity index is 826. The normalized spacial score (nSPS) is 14.0. The molecule has 1 aromatic carbocycles. The van der Waals surface area contributed by atoms with Crippen molar-refractivity contribution < 1.29 is 9.53 Å². The SMILES string of the molecule is Cc1cccnc1N1CCN(c2cccc(COC(=O)N=C(N)N)c2)CC1. The van der Waals surface area contributed by atoms with Crippen molar-refractivity contribution in [3.8, 4) is 0 Å². The van der Waals surface area contributed by atoms with E-state index in [-0.39, 0.29) is 12.6 Å². The quantitative estimate of drug-likeness (QED) is 0.623. The van der Waals surface area contributed by atoms with Crippen molar-refractivity contribution in [1.82, 2.24) is 4.98 Å². The number of aromatic nitrogens is 1. The maximum absolute atomic E-state index is 11.4. The summed E-state index contributed by atoms with van der Waals surface area (Å²) in [6, 6.07) is 12.0. The van der Waals surface area contributed by atoms with Crippen molar-refractivity contribution in [1.29, 1.82) is 0 Å². The molecule has 8 heteroatoms. The second-order valence-corrected chi connectivity index (χ2v) is 6.38. The lowest BCUT2D eigenvalue weighted by molar-refractivity contribution is 0.151. The molecule has 0 aliphatic carbocycles. The molecule has 2 aromatic rings. The van der Waals surface area contributed by atoms with Crippen LogP contribution >= 0.6 is 0 Å². The highest BCUT2D eigenvalue weighted by atomic mass is 16.5. The van der Waals surface area contributed by atoms with Gasteiger partial charge in [-0.3, -0.25) is 0 Å². The fourth-order valence-corrected chi connectivity index (χ4v) is 3.11. The van der Waals surface area contributed by atoms with E-state index in [1.165, 1.54) is 5.56 Å². The number of carbonyl (C=O) groups is 1. The largest absolute Gasteiger partial charge is 0.443 e. The Kier molecular flexibility index (Phi) is 5.75. The molecule has 27 heavy (non-hydrogen) atoms. The molecule has 0 spiro atoms. The van der Waals surface area contributed by atoms with E-state index in [1.807, 2.05) is 30.5 Å². The zero-order chi connectivity index (χ0) is 19.2. The number of nitrogens with zero attached hydrogens (tertiary/aromatic N) is 4. The summed E-state index contributed by atoms with van der Waals surface area (Å²) in [7, 11) is 0. The number of piperazine rings is 1. The Morgan fingerprint density at radius 3 is 2.59 bits per heavy atom. The third kappa shape index (κ3) is 4.87. The van der Waals surface area contributed by atoms with Crippen LogP contribution < -0.4 is 21.3 Å². The maximum atomic E-state index is 11.4. The Hall–Kier alpha value is -3.29. The second-order valence-electron chi connectivity index (χ2n) is 6.38. The predicted octanol–water partition coefficient (Wildman–Crippen LogP) is 1.63. The van der Waals surface area contributed by atoms with Crippen LogP contribution in [-0.4, -0.2) is 43.2 Å². The van der Waals surface area contributed by atoms with Gasteiger partial charge in [-0.05, 0) is 36.2 Å². The predicted molar refractivity (Wildman–Crippen MR) is 106 cm³/mol. The molecule has 0 radical (unpaired) electrons. The lowest BCUT2D eigenvalue weighted by atomic mass is 10.1. The van der Waals surface area contributed by atoms with Crippen molar-refractivity contribution in [2.75, 3.05) is 36.0 Å². The van der Waals surface area contributed by atoms with Gasteiger partial charge in [0, 0.05) is 38.1 Å². The number of rotatable bonds is 4. The minimum Gasteiger partial charge on any atom is -0.443 e. The molecule has 2 heterocycles. The molecule has 1 saturated heterocycles. The molecular formula is C19H24N6O2. The number of nitrogens with two attached hydrogens (primary N) is 2. The summed E-state index contributed by atoms with van der Waals surface area (Å²) in [5.41, 5.74) is 13.5. The molecule has 1 aliphatic heterocycles. The summed E-state index contributed by atoms with van der Waals surface area (Å²) < 4.78 is 5.05. The average Bonchev–Trinajstić information content (AvgIpc) is 2.67. The zero-order valence-electron chi connectivity index (χ0n) is 15.3. The van der Waals surface area contributed by atoms with Crippen LogP contribution in [0.15, 0.2) is 47.6 Å². The van der Waals surface area contributed by atoms with Gasteiger partial charge in [0.05, 0.1) is 0 Å². The number of anilines is 2. The smallest absolute Gasteiger partial charge is 0.437 e.